The fourth-order valence-electron chi connectivity index (χ4n) is 1.67. The molecular weight excluding hydrogens is 242 g/mol. The van der Waals surface area contributed by atoms with Crippen LogP contribution < -0.4 is 4.74 Å². The number of ether oxygens (including phenoxy) is 2. The number of aromatic nitrogens is 3. The fraction of sp³-hybridized carbons (Fsp3) is 0.429. The topological polar surface area (TPSA) is 60.0 Å². The molecule has 1 aromatic heterocycles. The van der Waals surface area contributed by atoms with Crippen LogP contribution in [0.2, 0.25) is 0 Å². The summed E-state index contributed by atoms with van der Waals surface area (Å²) < 4.78 is 10.6. The SMILES string of the molecule is CCOCCOc1n[nH]c(-c2ccc(CC)cc2)n1. The van der Waals surface area contributed by atoms with E-state index in [9.17, 15) is 0 Å². The molecule has 0 saturated heterocycles. The molecule has 0 spiro atoms. The normalized spacial score (nSPS) is 10.6. The Hall–Kier alpha value is -1.88. The number of rotatable bonds is 7. The zero-order valence-electron chi connectivity index (χ0n) is 11.3. The van der Waals surface area contributed by atoms with Crippen LogP contribution in [0.15, 0.2) is 24.3 Å². The molecule has 0 radical (unpaired) electrons. The minimum atomic E-state index is 0.356. The highest BCUT2D eigenvalue weighted by molar-refractivity contribution is 5.55. The van der Waals surface area contributed by atoms with E-state index in [0.717, 1.165) is 12.0 Å². The van der Waals surface area contributed by atoms with Gasteiger partial charge < -0.3 is 9.47 Å². The Morgan fingerprint density at radius 1 is 1.11 bits per heavy atom. The number of benzene rings is 1. The molecular formula is C14H19N3O2. The summed E-state index contributed by atoms with van der Waals surface area (Å²) in [5.74, 6) is 0.717. The van der Waals surface area contributed by atoms with Gasteiger partial charge in [0.05, 0.1) is 6.61 Å². The van der Waals surface area contributed by atoms with Crippen molar-refractivity contribution < 1.29 is 9.47 Å². The first kappa shape index (κ1) is 13.5. The van der Waals surface area contributed by atoms with E-state index >= 15 is 0 Å². The average Bonchev–Trinajstić information content (AvgIpc) is 2.92. The van der Waals surface area contributed by atoms with Gasteiger partial charge in [0.2, 0.25) is 0 Å². The van der Waals surface area contributed by atoms with Gasteiger partial charge in [0.15, 0.2) is 5.82 Å². The van der Waals surface area contributed by atoms with E-state index in [-0.39, 0.29) is 0 Å². The molecule has 1 N–H and O–H groups in total. The highest BCUT2D eigenvalue weighted by Gasteiger charge is 2.06. The molecule has 0 aliphatic heterocycles. The maximum Gasteiger partial charge on any atom is 0.335 e. The van der Waals surface area contributed by atoms with Crippen molar-refractivity contribution in [3.8, 4) is 17.4 Å². The van der Waals surface area contributed by atoms with Crippen LogP contribution in [0.1, 0.15) is 19.4 Å². The Morgan fingerprint density at radius 3 is 2.58 bits per heavy atom. The summed E-state index contributed by atoms with van der Waals surface area (Å²) in [6, 6.07) is 8.60. The maximum absolute atomic E-state index is 5.38. The van der Waals surface area contributed by atoms with Crippen molar-refractivity contribution in [3.05, 3.63) is 29.8 Å². The summed E-state index contributed by atoms with van der Waals surface area (Å²) in [6.07, 6.45) is 1.03. The van der Waals surface area contributed by atoms with E-state index in [1.54, 1.807) is 0 Å². The Bertz CT molecular complexity index is 494. The van der Waals surface area contributed by atoms with Gasteiger partial charge >= 0.3 is 6.01 Å². The molecule has 5 nitrogen and oxygen atoms in total. The smallest absolute Gasteiger partial charge is 0.335 e. The number of hydrogen-bond acceptors (Lipinski definition) is 4. The van der Waals surface area contributed by atoms with Crippen molar-refractivity contribution in [1.29, 1.82) is 0 Å². The van der Waals surface area contributed by atoms with Crippen LogP contribution in [0.5, 0.6) is 6.01 Å². The molecule has 102 valence electrons. The third kappa shape index (κ3) is 3.79. The summed E-state index contributed by atoms with van der Waals surface area (Å²) in [6.45, 7) is 5.77. The van der Waals surface area contributed by atoms with E-state index in [1.807, 2.05) is 19.1 Å². The van der Waals surface area contributed by atoms with E-state index < -0.39 is 0 Å². The Balaban J connectivity index is 1.95. The molecule has 0 aliphatic carbocycles. The predicted molar refractivity (Wildman–Crippen MR) is 73.2 cm³/mol. The van der Waals surface area contributed by atoms with Crippen LogP contribution in [0.4, 0.5) is 0 Å². The zero-order chi connectivity index (χ0) is 13.5. The van der Waals surface area contributed by atoms with Crippen LogP contribution in [0.3, 0.4) is 0 Å². The quantitative estimate of drug-likeness (QED) is 0.778. The van der Waals surface area contributed by atoms with Gasteiger partial charge in [0.25, 0.3) is 0 Å². The van der Waals surface area contributed by atoms with Gasteiger partial charge in [-0.3, -0.25) is 5.10 Å². The van der Waals surface area contributed by atoms with E-state index in [2.05, 4.69) is 34.2 Å². The monoisotopic (exact) mass is 261 g/mol. The second-order valence-corrected chi connectivity index (χ2v) is 4.06. The van der Waals surface area contributed by atoms with Crippen molar-refractivity contribution in [2.24, 2.45) is 0 Å². The molecule has 0 amide bonds. The van der Waals surface area contributed by atoms with E-state index in [4.69, 9.17) is 9.47 Å². The molecule has 0 bridgehead atoms. The van der Waals surface area contributed by atoms with Crippen LogP contribution in [0.25, 0.3) is 11.4 Å². The fourth-order valence-corrected chi connectivity index (χ4v) is 1.67. The third-order valence-corrected chi connectivity index (χ3v) is 2.76. The lowest BCUT2D eigenvalue weighted by Crippen LogP contribution is -2.07. The van der Waals surface area contributed by atoms with Crippen molar-refractivity contribution in [2.45, 2.75) is 20.3 Å². The number of H-pyrrole nitrogens is 1. The average molecular weight is 261 g/mol. The van der Waals surface area contributed by atoms with Crippen molar-refractivity contribution in [2.75, 3.05) is 19.8 Å². The number of aromatic amines is 1. The Morgan fingerprint density at radius 2 is 1.89 bits per heavy atom. The number of aryl methyl sites for hydroxylation is 1. The number of nitrogens with one attached hydrogen (secondary N) is 1. The van der Waals surface area contributed by atoms with Crippen molar-refractivity contribution in [3.63, 3.8) is 0 Å². The lowest BCUT2D eigenvalue weighted by Gasteiger charge is -2.00. The minimum absolute atomic E-state index is 0.356. The number of hydrogen-bond donors (Lipinski definition) is 1. The molecule has 19 heavy (non-hydrogen) atoms. The van der Waals surface area contributed by atoms with Crippen LogP contribution >= 0.6 is 0 Å². The van der Waals surface area contributed by atoms with Crippen LogP contribution in [-0.4, -0.2) is 35.0 Å². The standard InChI is InChI=1S/C14H19N3O2/c1-3-11-5-7-12(8-6-11)13-15-14(17-16-13)19-10-9-18-4-2/h5-8H,3-4,9-10H2,1-2H3,(H,15,16,17). The second kappa shape index (κ2) is 6.89. The highest BCUT2D eigenvalue weighted by Crippen LogP contribution is 2.17. The molecule has 0 aliphatic rings. The highest BCUT2D eigenvalue weighted by atomic mass is 16.5. The van der Waals surface area contributed by atoms with Gasteiger partial charge in [-0.05, 0) is 18.9 Å². The predicted octanol–water partition coefficient (Wildman–Crippen LogP) is 2.45. The van der Waals surface area contributed by atoms with E-state index in [1.165, 1.54) is 5.56 Å². The van der Waals surface area contributed by atoms with Gasteiger partial charge in [-0.25, -0.2) is 0 Å². The minimum Gasteiger partial charge on any atom is -0.460 e. The van der Waals surface area contributed by atoms with Crippen LogP contribution in [-0.2, 0) is 11.2 Å². The molecule has 1 aromatic carbocycles. The molecule has 0 atom stereocenters. The molecule has 0 unspecified atom stereocenters. The summed E-state index contributed by atoms with van der Waals surface area (Å²) in [5, 5.41) is 6.89. The van der Waals surface area contributed by atoms with Gasteiger partial charge in [0.1, 0.15) is 6.61 Å². The summed E-state index contributed by atoms with van der Waals surface area (Å²) in [4.78, 5) is 4.29. The molecule has 1 heterocycles. The Labute approximate surface area is 113 Å². The van der Waals surface area contributed by atoms with Gasteiger partial charge in [-0.2, -0.15) is 4.98 Å². The first-order valence-electron chi connectivity index (χ1n) is 6.55. The first-order valence-corrected chi connectivity index (χ1v) is 6.55. The number of nitrogens with zero attached hydrogens (tertiary/aromatic N) is 2. The largest absolute Gasteiger partial charge is 0.460 e. The first-order chi connectivity index (χ1) is 9.33. The molecule has 2 aromatic rings. The molecule has 0 saturated carbocycles. The van der Waals surface area contributed by atoms with E-state index in [0.29, 0.717) is 31.7 Å². The van der Waals surface area contributed by atoms with Crippen molar-refractivity contribution in [1.82, 2.24) is 15.2 Å². The summed E-state index contributed by atoms with van der Waals surface area (Å²) >= 11 is 0. The lowest BCUT2D eigenvalue weighted by atomic mass is 10.1. The summed E-state index contributed by atoms with van der Waals surface area (Å²) in [7, 11) is 0. The zero-order valence-corrected chi connectivity index (χ0v) is 11.3. The van der Waals surface area contributed by atoms with Crippen LogP contribution in [0, 0.1) is 0 Å². The molecule has 0 fully saturated rings. The Kier molecular flexibility index (Phi) is 4.92. The van der Waals surface area contributed by atoms with Gasteiger partial charge in [-0.15, -0.1) is 5.10 Å². The van der Waals surface area contributed by atoms with Gasteiger partial charge in [0, 0.05) is 12.2 Å². The third-order valence-electron chi connectivity index (χ3n) is 2.76. The molecule has 2 rings (SSSR count). The maximum atomic E-state index is 5.38. The summed E-state index contributed by atoms with van der Waals surface area (Å²) in [5.41, 5.74) is 2.31. The van der Waals surface area contributed by atoms with Crippen molar-refractivity contribution >= 4 is 0 Å². The lowest BCUT2D eigenvalue weighted by molar-refractivity contribution is 0.106. The van der Waals surface area contributed by atoms with Gasteiger partial charge in [-0.1, -0.05) is 31.2 Å². The molecule has 5 heteroatoms. The second-order valence-electron chi connectivity index (χ2n) is 4.06.